The first-order chi connectivity index (χ1) is 10.1. The van der Waals surface area contributed by atoms with Gasteiger partial charge in [0.2, 0.25) is 5.91 Å². The van der Waals surface area contributed by atoms with Crippen molar-refractivity contribution < 1.29 is 14.7 Å². The third-order valence-corrected chi connectivity index (χ3v) is 4.35. The van der Waals surface area contributed by atoms with Gasteiger partial charge in [-0.1, -0.05) is 30.7 Å². The minimum Gasteiger partial charge on any atom is -0.481 e. The fourth-order valence-electron chi connectivity index (χ4n) is 3.01. The molecule has 4 heteroatoms. The molecule has 1 aliphatic carbocycles. The second-order valence-corrected chi connectivity index (χ2v) is 5.87. The maximum absolute atomic E-state index is 12.1. The first-order valence-corrected chi connectivity index (χ1v) is 7.63. The monoisotopic (exact) mass is 289 g/mol. The summed E-state index contributed by atoms with van der Waals surface area (Å²) in [6.45, 7) is 2.67. The van der Waals surface area contributed by atoms with Crippen molar-refractivity contribution in [2.75, 3.05) is 6.54 Å². The standard InChI is InChI=1S/C17H23NO3/c1-12-5-2-3-6-13(12)9-10-18-16(19)14-7-4-8-15(11-14)17(20)21/h2-3,5-6,14-15H,4,7-11H2,1H3,(H,18,19)(H,20,21)/t14-,15+/m1/s1. The van der Waals surface area contributed by atoms with Crippen molar-refractivity contribution in [3.63, 3.8) is 0 Å². The molecule has 1 aromatic rings. The van der Waals surface area contributed by atoms with E-state index >= 15 is 0 Å². The molecule has 0 spiro atoms. The van der Waals surface area contributed by atoms with Gasteiger partial charge in [0.25, 0.3) is 0 Å². The molecule has 1 aliphatic rings. The van der Waals surface area contributed by atoms with Crippen LogP contribution in [0.5, 0.6) is 0 Å². The van der Waals surface area contributed by atoms with Crippen LogP contribution in [0, 0.1) is 18.8 Å². The molecule has 0 aliphatic heterocycles. The third-order valence-electron chi connectivity index (χ3n) is 4.35. The van der Waals surface area contributed by atoms with Crippen molar-refractivity contribution in [2.24, 2.45) is 11.8 Å². The number of rotatable bonds is 5. The highest BCUT2D eigenvalue weighted by Crippen LogP contribution is 2.29. The molecule has 0 bridgehead atoms. The van der Waals surface area contributed by atoms with Crippen molar-refractivity contribution in [1.29, 1.82) is 0 Å². The second-order valence-electron chi connectivity index (χ2n) is 5.87. The summed E-state index contributed by atoms with van der Waals surface area (Å²) in [6, 6.07) is 8.15. The summed E-state index contributed by atoms with van der Waals surface area (Å²) in [7, 11) is 0. The molecule has 0 heterocycles. The highest BCUT2D eigenvalue weighted by atomic mass is 16.4. The van der Waals surface area contributed by atoms with Crippen LogP contribution in [0.3, 0.4) is 0 Å². The molecule has 21 heavy (non-hydrogen) atoms. The van der Waals surface area contributed by atoms with E-state index in [1.54, 1.807) is 0 Å². The lowest BCUT2D eigenvalue weighted by Gasteiger charge is -2.25. The Balaban J connectivity index is 1.79. The quantitative estimate of drug-likeness (QED) is 0.875. The van der Waals surface area contributed by atoms with Crippen LogP contribution in [0.15, 0.2) is 24.3 Å². The Hall–Kier alpha value is -1.84. The van der Waals surface area contributed by atoms with Gasteiger partial charge in [-0.15, -0.1) is 0 Å². The predicted molar refractivity (Wildman–Crippen MR) is 81.0 cm³/mol. The van der Waals surface area contributed by atoms with Crippen LogP contribution in [0.25, 0.3) is 0 Å². The topological polar surface area (TPSA) is 66.4 Å². The number of carbonyl (C=O) groups is 2. The van der Waals surface area contributed by atoms with E-state index in [1.807, 2.05) is 12.1 Å². The van der Waals surface area contributed by atoms with Gasteiger partial charge >= 0.3 is 5.97 Å². The number of nitrogens with one attached hydrogen (secondary N) is 1. The number of carbonyl (C=O) groups excluding carboxylic acids is 1. The molecule has 0 aromatic heterocycles. The largest absolute Gasteiger partial charge is 0.481 e. The van der Waals surface area contributed by atoms with Crippen LogP contribution in [0.4, 0.5) is 0 Å². The van der Waals surface area contributed by atoms with E-state index in [9.17, 15) is 9.59 Å². The molecule has 1 amide bonds. The Morgan fingerprint density at radius 3 is 2.67 bits per heavy atom. The number of hydrogen-bond donors (Lipinski definition) is 2. The molecule has 2 N–H and O–H groups in total. The van der Waals surface area contributed by atoms with Gasteiger partial charge in [0.05, 0.1) is 5.92 Å². The number of aliphatic carboxylic acids is 1. The Morgan fingerprint density at radius 2 is 1.95 bits per heavy atom. The molecule has 2 rings (SSSR count). The number of hydrogen-bond acceptors (Lipinski definition) is 2. The summed E-state index contributed by atoms with van der Waals surface area (Å²) in [5.41, 5.74) is 2.47. The van der Waals surface area contributed by atoms with Crippen LogP contribution < -0.4 is 5.32 Å². The zero-order valence-electron chi connectivity index (χ0n) is 12.5. The number of benzene rings is 1. The molecule has 0 radical (unpaired) electrons. The summed E-state index contributed by atoms with van der Waals surface area (Å²) in [4.78, 5) is 23.2. The SMILES string of the molecule is Cc1ccccc1CCNC(=O)[C@@H]1CCC[C@H](C(=O)O)C1. The Labute approximate surface area is 125 Å². The second kappa shape index (κ2) is 7.25. The van der Waals surface area contributed by atoms with Gasteiger partial charge in [-0.25, -0.2) is 0 Å². The van der Waals surface area contributed by atoms with Gasteiger partial charge in [0.1, 0.15) is 0 Å². The molecular formula is C17H23NO3. The fraction of sp³-hybridized carbons (Fsp3) is 0.529. The number of carboxylic acid groups (broad SMARTS) is 1. The van der Waals surface area contributed by atoms with E-state index < -0.39 is 5.97 Å². The summed E-state index contributed by atoms with van der Waals surface area (Å²) in [6.07, 6.45) is 3.62. The average molecular weight is 289 g/mol. The lowest BCUT2D eigenvalue weighted by atomic mass is 9.81. The van der Waals surface area contributed by atoms with Crippen molar-refractivity contribution in [1.82, 2.24) is 5.32 Å². The van der Waals surface area contributed by atoms with Gasteiger partial charge in [0.15, 0.2) is 0 Å². The van der Waals surface area contributed by atoms with Gasteiger partial charge < -0.3 is 10.4 Å². The minimum atomic E-state index is -0.771. The molecule has 0 saturated heterocycles. The molecule has 1 fully saturated rings. The predicted octanol–water partition coefficient (Wildman–Crippen LogP) is 2.54. The average Bonchev–Trinajstić information content (AvgIpc) is 2.49. The van der Waals surface area contributed by atoms with Gasteiger partial charge in [-0.2, -0.15) is 0 Å². The molecule has 1 aromatic carbocycles. The zero-order valence-corrected chi connectivity index (χ0v) is 12.5. The molecule has 2 atom stereocenters. The summed E-state index contributed by atoms with van der Waals surface area (Å²) < 4.78 is 0. The van der Waals surface area contributed by atoms with E-state index in [0.717, 1.165) is 19.3 Å². The van der Waals surface area contributed by atoms with Gasteiger partial charge in [0, 0.05) is 12.5 Å². The van der Waals surface area contributed by atoms with Crippen molar-refractivity contribution in [3.05, 3.63) is 35.4 Å². The summed E-state index contributed by atoms with van der Waals surface area (Å²) in [5.74, 6) is -1.26. The van der Waals surface area contributed by atoms with Crippen molar-refractivity contribution in [2.45, 2.75) is 39.0 Å². The van der Waals surface area contributed by atoms with E-state index in [-0.39, 0.29) is 17.7 Å². The smallest absolute Gasteiger partial charge is 0.306 e. The van der Waals surface area contributed by atoms with E-state index in [0.29, 0.717) is 19.4 Å². The fourth-order valence-corrected chi connectivity index (χ4v) is 3.01. The van der Waals surface area contributed by atoms with Crippen LogP contribution in [-0.4, -0.2) is 23.5 Å². The van der Waals surface area contributed by atoms with Crippen molar-refractivity contribution >= 4 is 11.9 Å². The Bertz CT molecular complexity index is 513. The lowest BCUT2D eigenvalue weighted by Crippen LogP contribution is -2.36. The highest BCUT2D eigenvalue weighted by molar-refractivity contribution is 5.80. The maximum atomic E-state index is 12.1. The first-order valence-electron chi connectivity index (χ1n) is 7.63. The minimum absolute atomic E-state index is 0.00883. The van der Waals surface area contributed by atoms with Gasteiger partial charge in [-0.3, -0.25) is 9.59 Å². The Morgan fingerprint density at radius 1 is 1.24 bits per heavy atom. The van der Waals surface area contributed by atoms with E-state index in [2.05, 4.69) is 24.4 Å². The van der Waals surface area contributed by atoms with E-state index in [4.69, 9.17) is 5.11 Å². The third kappa shape index (κ3) is 4.31. The first kappa shape index (κ1) is 15.5. The summed E-state index contributed by atoms with van der Waals surface area (Å²) >= 11 is 0. The molecule has 0 unspecified atom stereocenters. The highest BCUT2D eigenvalue weighted by Gasteiger charge is 2.30. The molecular weight excluding hydrogens is 266 g/mol. The van der Waals surface area contributed by atoms with Gasteiger partial charge in [-0.05, 0) is 43.7 Å². The normalized spacial score (nSPS) is 21.8. The van der Waals surface area contributed by atoms with Crippen LogP contribution in [-0.2, 0) is 16.0 Å². The van der Waals surface area contributed by atoms with Crippen LogP contribution in [0.2, 0.25) is 0 Å². The summed E-state index contributed by atoms with van der Waals surface area (Å²) in [5, 5.41) is 12.0. The molecule has 1 saturated carbocycles. The number of aryl methyl sites for hydroxylation is 1. The van der Waals surface area contributed by atoms with Crippen LogP contribution in [0.1, 0.15) is 36.8 Å². The van der Waals surface area contributed by atoms with E-state index in [1.165, 1.54) is 11.1 Å². The molecule has 4 nitrogen and oxygen atoms in total. The molecule has 114 valence electrons. The number of carboxylic acids is 1. The zero-order chi connectivity index (χ0) is 15.2. The van der Waals surface area contributed by atoms with Crippen molar-refractivity contribution in [3.8, 4) is 0 Å². The Kier molecular flexibility index (Phi) is 5.37. The van der Waals surface area contributed by atoms with Crippen LogP contribution >= 0.6 is 0 Å². The number of amides is 1. The maximum Gasteiger partial charge on any atom is 0.306 e. The lowest BCUT2D eigenvalue weighted by molar-refractivity contribution is -0.144.